The minimum absolute atomic E-state index is 0.114. The van der Waals surface area contributed by atoms with Gasteiger partial charge in [-0.05, 0) is 48.0 Å². The van der Waals surface area contributed by atoms with Gasteiger partial charge in [-0.1, -0.05) is 22.9 Å². The Labute approximate surface area is 213 Å². The van der Waals surface area contributed by atoms with Gasteiger partial charge in [0.2, 0.25) is 0 Å². The Balaban J connectivity index is 1.75. The summed E-state index contributed by atoms with van der Waals surface area (Å²) in [6, 6.07) is 9.52. The molecule has 1 saturated heterocycles. The predicted octanol–water partition coefficient (Wildman–Crippen LogP) is 5.13. The number of aliphatic hydroxyl groups is 1. The van der Waals surface area contributed by atoms with Gasteiger partial charge < -0.3 is 14.6 Å². The van der Waals surface area contributed by atoms with Crippen LogP contribution in [-0.2, 0) is 9.59 Å². The molecule has 1 fully saturated rings. The van der Waals surface area contributed by atoms with Crippen molar-refractivity contribution in [3.8, 4) is 11.5 Å². The van der Waals surface area contributed by atoms with Gasteiger partial charge in [-0.2, -0.15) is 0 Å². The summed E-state index contributed by atoms with van der Waals surface area (Å²) in [6.45, 7) is 0. The molecular weight excluding hydrogens is 509 g/mol. The Morgan fingerprint density at radius 2 is 1.86 bits per heavy atom. The van der Waals surface area contributed by atoms with E-state index in [0.29, 0.717) is 21.5 Å². The molecule has 1 atom stereocenters. The summed E-state index contributed by atoms with van der Waals surface area (Å²) in [5, 5.41) is 11.4. The second-order valence-corrected chi connectivity index (χ2v) is 9.16. The number of hydrogen-bond acceptors (Lipinski definition) is 8. The van der Waals surface area contributed by atoms with Gasteiger partial charge in [0.15, 0.2) is 5.13 Å². The van der Waals surface area contributed by atoms with Crippen LogP contribution in [0.2, 0.25) is 5.02 Å². The zero-order chi connectivity index (χ0) is 25.6. The van der Waals surface area contributed by atoms with Crippen molar-refractivity contribution in [2.45, 2.75) is 6.04 Å². The van der Waals surface area contributed by atoms with Crippen molar-refractivity contribution in [2.75, 3.05) is 19.1 Å². The van der Waals surface area contributed by atoms with E-state index in [1.807, 2.05) is 0 Å². The van der Waals surface area contributed by atoms with E-state index in [4.69, 9.17) is 21.1 Å². The van der Waals surface area contributed by atoms with Gasteiger partial charge in [0.1, 0.15) is 23.1 Å². The topological polar surface area (TPSA) is 102 Å². The van der Waals surface area contributed by atoms with Crippen LogP contribution < -0.4 is 14.4 Å². The Kier molecular flexibility index (Phi) is 6.07. The third-order valence-corrected chi connectivity index (χ3v) is 7.06. The number of aliphatic hydroxyl groups excluding tert-OH is 1. The van der Waals surface area contributed by atoms with Gasteiger partial charge in [0, 0.05) is 12.4 Å². The molecule has 2 aromatic heterocycles. The Bertz CT molecular complexity index is 1520. The summed E-state index contributed by atoms with van der Waals surface area (Å²) in [6.07, 6.45) is 3.02. The van der Waals surface area contributed by atoms with Crippen molar-refractivity contribution in [2.24, 2.45) is 0 Å². The number of ether oxygens (including phenoxy) is 2. The number of thiazole rings is 1. The second-order valence-electron chi connectivity index (χ2n) is 7.75. The highest BCUT2D eigenvalue weighted by Crippen LogP contribution is 2.45. The summed E-state index contributed by atoms with van der Waals surface area (Å²) in [7, 11) is 2.88. The number of carbonyl (C=O) groups excluding carboxylic acids is 2. The maximum Gasteiger partial charge on any atom is 0.301 e. The number of methoxy groups -OCH3 is 2. The smallest absolute Gasteiger partial charge is 0.301 e. The van der Waals surface area contributed by atoms with Crippen molar-refractivity contribution in [3.05, 3.63) is 82.4 Å². The number of hydrogen-bond donors (Lipinski definition) is 1. The number of pyridine rings is 1. The molecule has 182 valence electrons. The molecule has 36 heavy (non-hydrogen) atoms. The van der Waals surface area contributed by atoms with Crippen molar-refractivity contribution >= 4 is 55.7 Å². The number of carbonyl (C=O) groups is 2. The lowest BCUT2D eigenvalue weighted by Crippen LogP contribution is -2.29. The molecule has 2 aromatic carbocycles. The largest absolute Gasteiger partial charge is 0.507 e. The summed E-state index contributed by atoms with van der Waals surface area (Å²) < 4.78 is 25.1. The number of halogens is 2. The summed E-state index contributed by atoms with van der Waals surface area (Å²) in [5.41, 5.74) is 0.885. The first kappa shape index (κ1) is 23.7. The first-order valence-electron chi connectivity index (χ1n) is 10.5. The zero-order valence-corrected chi connectivity index (χ0v) is 20.4. The lowest BCUT2D eigenvalue weighted by Gasteiger charge is -2.23. The Morgan fingerprint density at radius 1 is 1.11 bits per heavy atom. The van der Waals surface area contributed by atoms with Gasteiger partial charge in [-0.15, -0.1) is 0 Å². The van der Waals surface area contributed by atoms with Crippen LogP contribution in [0.25, 0.3) is 16.0 Å². The first-order valence-corrected chi connectivity index (χ1v) is 11.7. The highest BCUT2D eigenvalue weighted by Gasteiger charge is 2.48. The molecule has 1 N–H and O–H groups in total. The number of Topliss-reactive ketones (excluding diaryl/α,β-unsaturated/α-hetero) is 1. The number of rotatable bonds is 5. The molecule has 1 aliphatic heterocycles. The molecule has 4 aromatic rings. The lowest BCUT2D eigenvalue weighted by molar-refractivity contribution is -0.132. The van der Waals surface area contributed by atoms with E-state index < -0.39 is 29.3 Å². The molecular formula is C25H17ClFN3O5S. The Morgan fingerprint density at radius 3 is 2.56 bits per heavy atom. The van der Waals surface area contributed by atoms with Crippen LogP contribution in [0.1, 0.15) is 17.2 Å². The van der Waals surface area contributed by atoms with E-state index in [9.17, 15) is 19.1 Å². The second kappa shape index (κ2) is 9.21. The zero-order valence-electron chi connectivity index (χ0n) is 18.9. The quantitative estimate of drug-likeness (QED) is 0.219. The third-order valence-electron chi connectivity index (χ3n) is 5.75. The molecule has 11 heteroatoms. The van der Waals surface area contributed by atoms with Crippen molar-refractivity contribution in [1.29, 1.82) is 0 Å². The molecule has 0 radical (unpaired) electrons. The average molecular weight is 526 g/mol. The van der Waals surface area contributed by atoms with Gasteiger partial charge in [-0.3, -0.25) is 19.5 Å². The first-order chi connectivity index (χ1) is 17.3. The van der Waals surface area contributed by atoms with E-state index in [1.54, 1.807) is 24.3 Å². The number of nitrogens with zero attached hydrogens (tertiary/aromatic N) is 3. The van der Waals surface area contributed by atoms with Crippen LogP contribution in [0.3, 0.4) is 0 Å². The van der Waals surface area contributed by atoms with Gasteiger partial charge in [0.25, 0.3) is 5.78 Å². The average Bonchev–Trinajstić information content (AvgIpc) is 3.41. The van der Waals surface area contributed by atoms with Crippen molar-refractivity contribution in [1.82, 2.24) is 9.97 Å². The molecule has 1 aliphatic rings. The van der Waals surface area contributed by atoms with Gasteiger partial charge >= 0.3 is 5.91 Å². The highest BCUT2D eigenvalue weighted by molar-refractivity contribution is 7.22. The number of benzene rings is 2. The molecule has 1 amide bonds. The third kappa shape index (κ3) is 3.84. The molecule has 0 saturated carbocycles. The highest BCUT2D eigenvalue weighted by atomic mass is 35.5. The fourth-order valence-corrected chi connectivity index (χ4v) is 5.21. The van der Waals surface area contributed by atoms with E-state index in [-0.39, 0.29) is 27.0 Å². The summed E-state index contributed by atoms with van der Waals surface area (Å²) in [5.74, 6) is -2.19. The number of aromatic nitrogens is 2. The number of ketones is 1. The maximum absolute atomic E-state index is 14.0. The van der Waals surface area contributed by atoms with Gasteiger partial charge in [0.05, 0.1) is 46.6 Å². The minimum Gasteiger partial charge on any atom is -0.507 e. The normalized spacial score (nSPS) is 17.1. The van der Waals surface area contributed by atoms with Crippen LogP contribution in [0.5, 0.6) is 11.5 Å². The number of anilines is 1. The van der Waals surface area contributed by atoms with Crippen LogP contribution in [0, 0.1) is 5.82 Å². The summed E-state index contributed by atoms with van der Waals surface area (Å²) >= 11 is 6.93. The van der Waals surface area contributed by atoms with Gasteiger partial charge in [-0.25, -0.2) is 9.37 Å². The fraction of sp³-hybridized carbons (Fsp3) is 0.120. The maximum atomic E-state index is 14.0. The van der Waals surface area contributed by atoms with E-state index in [2.05, 4.69) is 9.97 Å². The van der Waals surface area contributed by atoms with Crippen LogP contribution in [0.4, 0.5) is 9.52 Å². The number of amides is 1. The standard InChI is InChI=1S/C25H17ClFN3O5S/c1-34-13-3-4-18(35-2)14(9-13)22(31)20-21(12-5-7-28-8-6-12)30(24(33)23(20)32)25-29-17-10-15(26)16(27)11-19(17)36-25/h3-11,21,31H,1-2H3/b22-20+. The fourth-order valence-electron chi connectivity index (χ4n) is 4.05. The van der Waals surface area contributed by atoms with E-state index in [0.717, 1.165) is 11.3 Å². The monoisotopic (exact) mass is 525 g/mol. The number of fused-ring (bicyclic) bond motifs is 1. The molecule has 5 rings (SSSR count). The van der Waals surface area contributed by atoms with E-state index in [1.165, 1.54) is 49.7 Å². The van der Waals surface area contributed by atoms with Crippen LogP contribution in [0.15, 0.2) is 60.4 Å². The van der Waals surface area contributed by atoms with E-state index >= 15 is 0 Å². The lowest BCUT2D eigenvalue weighted by atomic mass is 9.95. The van der Waals surface area contributed by atoms with Crippen LogP contribution in [-0.4, -0.2) is 41.0 Å². The molecule has 0 spiro atoms. The molecule has 1 unspecified atom stereocenters. The summed E-state index contributed by atoms with van der Waals surface area (Å²) in [4.78, 5) is 36.4. The molecule has 8 nitrogen and oxygen atoms in total. The molecule has 0 bridgehead atoms. The minimum atomic E-state index is -1.04. The van der Waals surface area contributed by atoms with Crippen molar-refractivity contribution in [3.63, 3.8) is 0 Å². The van der Waals surface area contributed by atoms with Crippen molar-refractivity contribution < 1.29 is 28.6 Å². The Hall–Kier alpha value is -4.02. The molecule has 3 heterocycles. The molecule has 0 aliphatic carbocycles. The SMILES string of the molecule is COc1ccc(OC)c(/C(O)=C2\C(=O)C(=O)N(c3nc4cc(Cl)c(F)cc4s3)C2c2ccncc2)c1. The van der Waals surface area contributed by atoms with Crippen LogP contribution >= 0.6 is 22.9 Å². The predicted molar refractivity (Wildman–Crippen MR) is 133 cm³/mol.